The molecular weight excluding hydrogens is 626 g/mol. The fourth-order valence-corrected chi connectivity index (χ4v) is 3.67. The van der Waals surface area contributed by atoms with Crippen LogP contribution in [0.1, 0.15) is 98.8 Å². The van der Waals surface area contributed by atoms with Crippen molar-refractivity contribution in [1.29, 1.82) is 0 Å². The molecule has 0 aromatic heterocycles. The average molecular weight is 673 g/mol. The number of ether oxygens (including phenoxy) is 2. The molecule has 3 atom stereocenters. The van der Waals surface area contributed by atoms with Gasteiger partial charge in [0.2, 0.25) is 0 Å². The molecule has 0 saturated carbocycles. The van der Waals surface area contributed by atoms with Crippen molar-refractivity contribution in [3.8, 4) is 0 Å². The minimum absolute atomic E-state index is 0. The molecule has 3 unspecified atom stereocenters. The van der Waals surface area contributed by atoms with Gasteiger partial charge < -0.3 is 13.7 Å². The molecular formula is C23H47NaO9S2Sn. The maximum atomic E-state index is 12.2. The molecule has 0 aliphatic carbocycles. The van der Waals surface area contributed by atoms with Gasteiger partial charge in [-0.1, -0.05) is 73.1 Å². The van der Waals surface area contributed by atoms with Gasteiger partial charge in [-0.3, -0.25) is 18.9 Å². The van der Waals surface area contributed by atoms with Crippen LogP contribution in [0, 0.1) is 11.8 Å². The molecule has 36 heavy (non-hydrogen) atoms. The van der Waals surface area contributed by atoms with Crippen LogP contribution < -0.4 is 0 Å². The molecule has 0 aliphatic heterocycles. The van der Waals surface area contributed by atoms with Crippen LogP contribution in [-0.4, -0.2) is 103 Å². The molecule has 1 N–H and O–H groups in total. The van der Waals surface area contributed by atoms with Gasteiger partial charge in [-0.15, -0.1) is 0 Å². The van der Waals surface area contributed by atoms with Gasteiger partial charge in [-0.2, -0.15) is 8.42 Å². The number of hydrogen-bond acceptors (Lipinski definition) is 9. The molecule has 0 amide bonds. The number of carbonyl (C=O) groups excluding carboxylic acids is 3. The van der Waals surface area contributed by atoms with E-state index in [2.05, 4.69) is 30.9 Å². The Kier molecular flexibility index (Phi) is 32.7. The van der Waals surface area contributed by atoms with Gasteiger partial charge in [-0.25, -0.2) is 0 Å². The normalized spacial score (nSPS) is 12.9. The zero-order valence-electron chi connectivity index (χ0n) is 22.0. The van der Waals surface area contributed by atoms with Crippen molar-refractivity contribution in [1.82, 2.24) is 0 Å². The molecule has 0 spiro atoms. The Bertz CT molecular complexity index is 672. The number of thiol groups is 1. The first-order valence-electron chi connectivity index (χ1n) is 12.1. The van der Waals surface area contributed by atoms with Gasteiger partial charge in [0, 0.05) is 19.3 Å². The predicted octanol–water partition coefficient (Wildman–Crippen LogP) is 3.37. The zero-order chi connectivity index (χ0) is 26.6. The molecule has 0 bridgehead atoms. The maximum absolute atomic E-state index is 12.2. The van der Waals surface area contributed by atoms with Crippen LogP contribution >= 0.6 is 12.9 Å². The van der Waals surface area contributed by atoms with E-state index in [9.17, 15) is 27.4 Å². The summed E-state index contributed by atoms with van der Waals surface area (Å²) in [5, 5.41) is -1.95. The van der Waals surface area contributed by atoms with Gasteiger partial charge >= 0.3 is 71.4 Å². The third kappa shape index (κ3) is 23.6. The SMILES string of the molecule is CCC(=O)OS.CCCCC(CC)COC(=O)CC(C(=O)OCC(CC)CCCC)S(=O)(=O)O.[NaH].[SnH2]. The standard InChI is InChI=1S/C20H38O7S.C3H6O2S.Na.Sn.3H/c1-5-9-11-16(7-3)14-26-19(21)13-18(28(23,24)25)20(22)27-15-17(8-4)12-10-6-2;1-2-3(4)5-6;;;;;/h16-18H,5-15H2,1-4H3,(H,23,24,25);6H,2H2,1H3;;;;;. The van der Waals surface area contributed by atoms with Gasteiger partial charge in [0.15, 0.2) is 5.25 Å². The molecule has 0 fully saturated rings. The topological polar surface area (TPSA) is 133 Å². The van der Waals surface area contributed by atoms with E-state index in [1.807, 2.05) is 13.8 Å². The average Bonchev–Trinajstić information content (AvgIpc) is 2.81. The molecule has 0 aliphatic rings. The summed E-state index contributed by atoms with van der Waals surface area (Å²) >= 11 is 3.25. The van der Waals surface area contributed by atoms with Crippen molar-refractivity contribution < 1.29 is 41.0 Å². The predicted molar refractivity (Wildman–Crippen MR) is 150 cm³/mol. The molecule has 0 saturated heterocycles. The van der Waals surface area contributed by atoms with Crippen LogP contribution in [0.15, 0.2) is 0 Å². The van der Waals surface area contributed by atoms with Gasteiger partial charge in [0.05, 0.1) is 19.6 Å². The van der Waals surface area contributed by atoms with E-state index in [0.29, 0.717) is 6.42 Å². The number of unbranched alkanes of at least 4 members (excludes halogenated alkanes) is 2. The summed E-state index contributed by atoms with van der Waals surface area (Å²) in [4.78, 5) is 34.1. The second-order valence-electron chi connectivity index (χ2n) is 8.17. The number of rotatable bonds is 17. The van der Waals surface area contributed by atoms with Crippen molar-refractivity contribution in [2.45, 2.75) is 104 Å². The zero-order valence-corrected chi connectivity index (χ0v) is 27.7. The second kappa shape index (κ2) is 27.1. The Labute approximate surface area is 262 Å². The van der Waals surface area contributed by atoms with E-state index in [1.165, 1.54) is 0 Å². The summed E-state index contributed by atoms with van der Waals surface area (Å²) in [5.74, 6) is -1.90. The third-order valence-corrected chi connectivity index (χ3v) is 6.67. The summed E-state index contributed by atoms with van der Waals surface area (Å²) in [6.07, 6.45) is 7.13. The second-order valence-corrected chi connectivity index (χ2v) is 9.95. The molecule has 0 aromatic rings. The Morgan fingerprint density at radius 1 is 0.833 bits per heavy atom. The van der Waals surface area contributed by atoms with Crippen LogP contribution in [0.3, 0.4) is 0 Å². The van der Waals surface area contributed by atoms with Crippen LogP contribution in [0.2, 0.25) is 0 Å². The molecule has 0 rings (SSSR count). The van der Waals surface area contributed by atoms with Gasteiger partial charge in [0.25, 0.3) is 10.1 Å². The van der Waals surface area contributed by atoms with Crippen molar-refractivity contribution >= 4 is 94.4 Å². The van der Waals surface area contributed by atoms with Crippen LogP contribution in [0.5, 0.6) is 0 Å². The summed E-state index contributed by atoms with van der Waals surface area (Å²) < 4.78 is 46.7. The van der Waals surface area contributed by atoms with Crippen molar-refractivity contribution in [2.24, 2.45) is 11.8 Å². The molecule has 13 heteroatoms. The van der Waals surface area contributed by atoms with Crippen molar-refractivity contribution in [3.05, 3.63) is 0 Å². The number of carbonyl (C=O) groups is 3. The fourth-order valence-electron chi connectivity index (χ4n) is 2.89. The summed E-state index contributed by atoms with van der Waals surface area (Å²) in [6, 6.07) is 0. The first-order chi connectivity index (χ1) is 16.0. The van der Waals surface area contributed by atoms with Crippen LogP contribution in [-0.2, 0) is 38.2 Å². The van der Waals surface area contributed by atoms with E-state index in [0.717, 1.165) is 51.4 Å². The summed E-state index contributed by atoms with van der Waals surface area (Å²) in [5.41, 5.74) is 0. The van der Waals surface area contributed by atoms with Crippen molar-refractivity contribution in [3.63, 3.8) is 0 Å². The number of esters is 2. The molecule has 0 heterocycles. The summed E-state index contributed by atoms with van der Waals surface area (Å²) in [7, 11) is -4.76. The minimum atomic E-state index is -4.76. The molecule has 210 valence electrons. The molecule has 2 radical (unpaired) electrons. The van der Waals surface area contributed by atoms with Crippen LogP contribution in [0.25, 0.3) is 0 Å². The van der Waals surface area contributed by atoms with E-state index in [1.54, 1.807) is 6.92 Å². The number of hydrogen-bond donors (Lipinski definition) is 2. The first-order valence-corrected chi connectivity index (χ1v) is 14.0. The Morgan fingerprint density at radius 3 is 1.58 bits per heavy atom. The first kappa shape index (κ1) is 43.5. The van der Waals surface area contributed by atoms with Gasteiger partial charge in [0.1, 0.15) is 0 Å². The Morgan fingerprint density at radius 2 is 1.28 bits per heavy atom. The van der Waals surface area contributed by atoms with E-state index in [-0.39, 0.29) is 84.5 Å². The van der Waals surface area contributed by atoms with E-state index >= 15 is 0 Å². The fraction of sp³-hybridized carbons (Fsp3) is 0.870. The van der Waals surface area contributed by atoms with Crippen LogP contribution in [0.4, 0.5) is 0 Å². The summed E-state index contributed by atoms with van der Waals surface area (Å²) in [6.45, 7) is 10.1. The van der Waals surface area contributed by atoms with E-state index < -0.39 is 33.7 Å². The van der Waals surface area contributed by atoms with Crippen molar-refractivity contribution in [2.75, 3.05) is 13.2 Å². The Hall–Kier alpha value is 0.469. The molecule has 0 aromatic carbocycles. The monoisotopic (exact) mass is 674 g/mol. The molecule has 9 nitrogen and oxygen atoms in total. The van der Waals surface area contributed by atoms with E-state index in [4.69, 9.17) is 9.47 Å². The Balaban J connectivity index is -0.000000567. The quantitative estimate of drug-likeness (QED) is 0.0596. The van der Waals surface area contributed by atoms with Gasteiger partial charge in [-0.05, 0) is 24.7 Å². The third-order valence-electron chi connectivity index (χ3n) is 5.39.